The Morgan fingerprint density at radius 3 is 2.67 bits per heavy atom. The summed E-state index contributed by atoms with van der Waals surface area (Å²) in [6.45, 7) is 7.35. The van der Waals surface area contributed by atoms with E-state index in [2.05, 4.69) is 35.0 Å². The van der Waals surface area contributed by atoms with Crippen molar-refractivity contribution < 1.29 is 18.7 Å². The van der Waals surface area contributed by atoms with Crippen molar-refractivity contribution >= 4 is 23.5 Å². The van der Waals surface area contributed by atoms with Crippen LogP contribution in [0.25, 0.3) is 0 Å². The summed E-state index contributed by atoms with van der Waals surface area (Å²) >= 11 is 1.15. The second kappa shape index (κ2) is 14.5. The molecule has 1 aliphatic heterocycles. The molecule has 0 radical (unpaired) electrons. The number of halogens is 1. The van der Waals surface area contributed by atoms with Crippen molar-refractivity contribution in [3.05, 3.63) is 72.8 Å². The molecule has 0 saturated carbocycles. The van der Waals surface area contributed by atoms with Gasteiger partial charge in [0.2, 0.25) is 6.41 Å². The van der Waals surface area contributed by atoms with E-state index < -0.39 is 5.82 Å². The van der Waals surface area contributed by atoms with Gasteiger partial charge in [-0.25, -0.2) is 9.49 Å². The van der Waals surface area contributed by atoms with Gasteiger partial charge >= 0.3 is 4.87 Å². The number of Topliss-reactive ketones (excluding diaryl/α,β-unsaturated/α-hetero) is 1. The minimum Gasteiger partial charge on any atom is -0.489 e. The Bertz CT molecular complexity index is 1400. The summed E-state index contributed by atoms with van der Waals surface area (Å²) in [6, 6.07) is 6.43. The maximum atomic E-state index is 13.9. The van der Waals surface area contributed by atoms with Crippen LogP contribution in [0.1, 0.15) is 76.9 Å². The number of benzene rings is 1. The van der Waals surface area contributed by atoms with E-state index in [0.717, 1.165) is 59.8 Å². The molecule has 0 bridgehead atoms. The fraction of sp³-hybridized carbons (Fsp3) is 0.433. The van der Waals surface area contributed by atoms with Crippen molar-refractivity contribution in [3.8, 4) is 18.6 Å². The number of terminal acetylenes is 1. The lowest BCUT2D eigenvalue weighted by Crippen LogP contribution is -2.37. The van der Waals surface area contributed by atoms with Crippen LogP contribution in [0.4, 0.5) is 4.39 Å². The molecule has 212 valence electrons. The number of rotatable bonds is 6. The first-order chi connectivity index (χ1) is 19.2. The highest BCUT2D eigenvalue weighted by Gasteiger charge is 2.29. The molecule has 1 aliphatic carbocycles. The molecule has 1 fully saturated rings. The molecule has 2 aromatic heterocycles. The number of aromatic amines is 1. The first kappa shape index (κ1) is 30.7. The molecule has 2 atom stereocenters. The molecule has 3 aromatic rings. The summed E-state index contributed by atoms with van der Waals surface area (Å²) in [5.41, 5.74) is 4.66. The third kappa shape index (κ3) is 7.85. The van der Waals surface area contributed by atoms with Crippen LogP contribution in [-0.4, -0.2) is 45.4 Å². The van der Waals surface area contributed by atoms with Crippen LogP contribution in [0, 0.1) is 31.5 Å². The second-order valence-electron chi connectivity index (χ2n) is 9.97. The average molecular weight is 567 g/mol. The molecular formula is C30H35FN4O4S. The van der Waals surface area contributed by atoms with E-state index in [1.54, 1.807) is 11.0 Å². The first-order valence-corrected chi connectivity index (χ1v) is 14.1. The van der Waals surface area contributed by atoms with Gasteiger partial charge in [0, 0.05) is 36.5 Å². The summed E-state index contributed by atoms with van der Waals surface area (Å²) in [5.74, 6) is 0.287. The van der Waals surface area contributed by atoms with Gasteiger partial charge < -0.3 is 9.64 Å². The molecule has 40 heavy (non-hydrogen) atoms. The fourth-order valence-electron chi connectivity index (χ4n) is 5.02. The summed E-state index contributed by atoms with van der Waals surface area (Å²) in [5, 5.41) is 7.24. The van der Waals surface area contributed by atoms with Crippen LogP contribution in [-0.2, 0) is 24.2 Å². The van der Waals surface area contributed by atoms with Gasteiger partial charge in [-0.05, 0) is 81.2 Å². The van der Waals surface area contributed by atoms with Crippen LogP contribution in [0.15, 0.2) is 29.1 Å². The number of nitrogens with one attached hydrogen (secondary N) is 1. The lowest BCUT2D eigenvalue weighted by molar-refractivity contribution is -0.119. The van der Waals surface area contributed by atoms with Crippen LogP contribution in [0.2, 0.25) is 0 Å². The highest BCUT2D eigenvalue weighted by molar-refractivity contribution is 7.08. The van der Waals surface area contributed by atoms with Gasteiger partial charge in [-0.15, -0.1) is 12.8 Å². The average Bonchev–Trinajstić information content (AvgIpc) is 3.39. The van der Waals surface area contributed by atoms with Crippen molar-refractivity contribution in [2.75, 3.05) is 13.1 Å². The number of hydrogen-bond acceptors (Lipinski definition) is 7. The molecular weight excluding hydrogens is 531 g/mol. The number of pyridine rings is 1. The smallest absolute Gasteiger partial charge is 0.322 e. The maximum Gasteiger partial charge on any atom is 0.322 e. The van der Waals surface area contributed by atoms with E-state index in [1.807, 2.05) is 13.0 Å². The summed E-state index contributed by atoms with van der Waals surface area (Å²) < 4.78 is 19.6. The van der Waals surface area contributed by atoms with Gasteiger partial charge in [0.05, 0.1) is 5.56 Å². The highest BCUT2D eigenvalue weighted by atomic mass is 32.1. The number of hydrogen-bond donors (Lipinski definition) is 1. The van der Waals surface area contributed by atoms with Crippen molar-refractivity contribution in [3.63, 3.8) is 0 Å². The largest absolute Gasteiger partial charge is 0.489 e. The summed E-state index contributed by atoms with van der Waals surface area (Å²) in [6.07, 6.45) is 14.2. The number of amides is 1. The Morgan fingerprint density at radius 1 is 1.27 bits per heavy atom. The number of aryl methyl sites for hydroxylation is 2. The Balaban J connectivity index is 0.000000224. The van der Waals surface area contributed by atoms with Crippen LogP contribution < -0.4 is 9.61 Å². The monoisotopic (exact) mass is 566 g/mol. The minimum absolute atomic E-state index is 0.0921. The molecule has 2 unspecified atom stereocenters. The van der Waals surface area contributed by atoms with Gasteiger partial charge in [-0.3, -0.25) is 19.4 Å². The van der Waals surface area contributed by atoms with Gasteiger partial charge in [-0.2, -0.15) is 5.10 Å². The molecule has 1 aromatic carbocycles. The van der Waals surface area contributed by atoms with E-state index in [1.165, 1.54) is 43.2 Å². The van der Waals surface area contributed by atoms with Crippen LogP contribution in [0.3, 0.4) is 0 Å². The number of ether oxygens (including phenoxy) is 1. The first-order valence-electron chi connectivity index (χ1n) is 13.2. The second-order valence-corrected chi connectivity index (χ2v) is 11.0. The highest BCUT2D eigenvalue weighted by Crippen LogP contribution is 2.31. The quantitative estimate of drug-likeness (QED) is 0.260. The lowest BCUT2D eigenvalue weighted by atomic mass is 9.88. The number of fused-ring (bicyclic) bond motifs is 1. The van der Waals surface area contributed by atoms with Crippen LogP contribution in [0.5, 0.6) is 5.75 Å². The number of piperidine rings is 1. The zero-order chi connectivity index (χ0) is 29.2. The molecule has 1 amide bonds. The maximum absolute atomic E-state index is 13.9. The zero-order valence-electron chi connectivity index (χ0n) is 23.1. The molecule has 5 rings (SSSR count). The van der Waals surface area contributed by atoms with E-state index in [4.69, 9.17) is 4.74 Å². The number of carbonyl (C=O) groups excluding carboxylic acids is 2. The van der Waals surface area contributed by atoms with E-state index in [9.17, 15) is 18.8 Å². The normalized spacial score (nSPS) is 17.8. The molecule has 3 heterocycles. The Hall–Kier alpha value is -3.84. The number of nitrogens with zero attached hydrogens (tertiary/aromatic N) is 3. The predicted molar refractivity (Wildman–Crippen MR) is 153 cm³/mol. The van der Waals surface area contributed by atoms with E-state index in [-0.39, 0.29) is 22.1 Å². The topological polar surface area (TPSA) is 105 Å². The van der Waals surface area contributed by atoms with E-state index >= 15 is 0 Å². The van der Waals surface area contributed by atoms with Crippen molar-refractivity contribution in [2.24, 2.45) is 5.92 Å². The lowest BCUT2D eigenvalue weighted by Gasteiger charge is -2.33. The zero-order valence-corrected chi connectivity index (χ0v) is 23.9. The predicted octanol–water partition coefficient (Wildman–Crippen LogP) is 4.85. The number of H-pyrrole nitrogens is 1. The van der Waals surface area contributed by atoms with Crippen molar-refractivity contribution in [1.82, 2.24) is 20.1 Å². The minimum atomic E-state index is -0.539. The Labute approximate surface area is 238 Å². The molecule has 10 heteroatoms. The number of ketones is 1. The van der Waals surface area contributed by atoms with Crippen molar-refractivity contribution in [2.45, 2.75) is 65.4 Å². The Kier molecular flexibility index (Phi) is 11.1. The van der Waals surface area contributed by atoms with Gasteiger partial charge in [0.15, 0.2) is 5.78 Å². The summed E-state index contributed by atoms with van der Waals surface area (Å²) in [7, 11) is 0. The Morgan fingerprint density at radius 2 is 2.02 bits per heavy atom. The molecule has 2 aliphatic rings. The van der Waals surface area contributed by atoms with Gasteiger partial charge in [0.1, 0.15) is 23.2 Å². The summed E-state index contributed by atoms with van der Waals surface area (Å²) in [4.78, 5) is 39.2. The number of carbonyl (C=O) groups is 2. The van der Waals surface area contributed by atoms with Crippen LogP contribution >= 0.6 is 11.3 Å². The number of likely N-dealkylation sites (tertiary alicyclic amines) is 1. The van der Waals surface area contributed by atoms with Crippen molar-refractivity contribution in [1.29, 1.82) is 0 Å². The standard InChI is InChI=1S/C19H20FNO2.C9H13N3O2S.C2H2/c1-12-9-14(17-5-3-4-6-19(17)21-12)11-23-15-7-8-16(13(2)22)18(20)10-15;1-6-2-3-12(5-13)4-7(6)8-10-11-9(14)15-8;1-2/h7-10H,3-6,11H2,1-2H3;5-7H,2-4H2,1H3,(H,11,14);1-2H. The van der Waals surface area contributed by atoms with Gasteiger partial charge in [0.25, 0.3) is 0 Å². The molecule has 1 N–H and O–H groups in total. The molecule has 1 saturated heterocycles. The molecule has 8 nitrogen and oxygen atoms in total. The number of aromatic nitrogens is 3. The fourth-order valence-corrected chi connectivity index (χ4v) is 5.85. The third-order valence-corrected chi connectivity index (χ3v) is 8.03. The SMILES string of the molecule is C#C.CC(=O)c1ccc(OCc2cc(C)nc3c2CCCC3)cc1F.CC1CCN(C=O)CC1c1n[nH]c(=O)s1. The van der Waals surface area contributed by atoms with Gasteiger partial charge in [-0.1, -0.05) is 18.3 Å². The van der Waals surface area contributed by atoms with E-state index in [0.29, 0.717) is 24.8 Å². The third-order valence-electron chi connectivity index (χ3n) is 7.15. The molecule has 0 spiro atoms.